The smallest absolute Gasteiger partial charge is 0.337 e. The Labute approximate surface area is 93.9 Å². The lowest BCUT2D eigenvalue weighted by molar-refractivity contribution is -0.136. The molecule has 0 saturated heterocycles. The maximum atomic E-state index is 11.3. The highest BCUT2D eigenvalue weighted by atomic mass is 16.5. The van der Waals surface area contributed by atoms with Crippen molar-refractivity contribution in [2.75, 3.05) is 7.11 Å². The molecule has 0 fully saturated rings. The first kappa shape index (κ1) is 12.2. The molecule has 0 amide bonds. The van der Waals surface area contributed by atoms with Crippen LogP contribution >= 0.6 is 0 Å². The SMILES string of the molecule is COC(=O)c1cc(C)cc(CCC(=O)O)c1. The van der Waals surface area contributed by atoms with Gasteiger partial charge in [-0.25, -0.2) is 4.79 Å². The zero-order chi connectivity index (χ0) is 12.1. The van der Waals surface area contributed by atoms with Crippen LogP contribution < -0.4 is 0 Å². The van der Waals surface area contributed by atoms with Gasteiger partial charge in [-0.15, -0.1) is 0 Å². The van der Waals surface area contributed by atoms with Crippen LogP contribution in [0.5, 0.6) is 0 Å². The van der Waals surface area contributed by atoms with Crippen molar-refractivity contribution in [3.8, 4) is 0 Å². The van der Waals surface area contributed by atoms with Crippen LogP contribution in [-0.2, 0) is 16.0 Å². The van der Waals surface area contributed by atoms with E-state index in [0.717, 1.165) is 11.1 Å². The van der Waals surface area contributed by atoms with E-state index in [9.17, 15) is 9.59 Å². The second kappa shape index (κ2) is 5.30. The second-order valence-corrected chi connectivity index (χ2v) is 3.59. The molecule has 0 spiro atoms. The Morgan fingerprint density at radius 2 is 2.00 bits per heavy atom. The number of ether oxygens (including phenoxy) is 1. The molecule has 1 aromatic rings. The third kappa shape index (κ3) is 3.38. The molecule has 1 aromatic carbocycles. The molecule has 0 aromatic heterocycles. The molecule has 0 heterocycles. The fourth-order valence-electron chi connectivity index (χ4n) is 1.49. The topological polar surface area (TPSA) is 63.6 Å². The number of rotatable bonds is 4. The summed E-state index contributed by atoms with van der Waals surface area (Å²) in [7, 11) is 1.32. The summed E-state index contributed by atoms with van der Waals surface area (Å²) in [6, 6.07) is 5.26. The highest BCUT2D eigenvalue weighted by Gasteiger charge is 2.08. The van der Waals surface area contributed by atoms with E-state index in [0.29, 0.717) is 12.0 Å². The first-order valence-corrected chi connectivity index (χ1v) is 4.93. The van der Waals surface area contributed by atoms with Gasteiger partial charge >= 0.3 is 11.9 Å². The van der Waals surface area contributed by atoms with Crippen molar-refractivity contribution < 1.29 is 19.4 Å². The molecule has 0 aliphatic carbocycles. The van der Waals surface area contributed by atoms with Crippen LogP contribution in [0.1, 0.15) is 27.9 Å². The number of benzene rings is 1. The van der Waals surface area contributed by atoms with Crippen LogP contribution in [0.2, 0.25) is 0 Å². The number of hydrogen-bond acceptors (Lipinski definition) is 3. The monoisotopic (exact) mass is 222 g/mol. The van der Waals surface area contributed by atoms with Gasteiger partial charge in [-0.2, -0.15) is 0 Å². The molecule has 0 radical (unpaired) electrons. The van der Waals surface area contributed by atoms with E-state index in [4.69, 9.17) is 5.11 Å². The zero-order valence-electron chi connectivity index (χ0n) is 9.32. The third-order valence-corrected chi connectivity index (χ3v) is 2.19. The lowest BCUT2D eigenvalue weighted by atomic mass is 10.0. The molecule has 0 bridgehead atoms. The first-order chi connectivity index (χ1) is 7.52. The molecule has 86 valence electrons. The highest BCUT2D eigenvalue weighted by Crippen LogP contribution is 2.12. The predicted molar refractivity (Wildman–Crippen MR) is 58.5 cm³/mol. The summed E-state index contributed by atoms with van der Waals surface area (Å²) in [6.07, 6.45) is 0.477. The van der Waals surface area contributed by atoms with Gasteiger partial charge in [0.15, 0.2) is 0 Å². The van der Waals surface area contributed by atoms with Crippen molar-refractivity contribution in [1.82, 2.24) is 0 Å². The van der Waals surface area contributed by atoms with Crippen molar-refractivity contribution >= 4 is 11.9 Å². The summed E-state index contributed by atoms with van der Waals surface area (Å²) < 4.78 is 4.62. The van der Waals surface area contributed by atoms with Crippen LogP contribution in [0.25, 0.3) is 0 Å². The normalized spacial score (nSPS) is 9.88. The number of carbonyl (C=O) groups excluding carboxylic acids is 1. The third-order valence-electron chi connectivity index (χ3n) is 2.19. The Balaban J connectivity index is 2.89. The van der Waals surface area contributed by atoms with Gasteiger partial charge in [0.2, 0.25) is 0 Å². The minimum absolute atomic E-state index is 0.0596. The van der Waals surface area contributed by atoms with Gasteiger partial charge in [0.25, 0.3) is 0 Å². The number of carboxylic acid groups (broad SMARTS) is 1. The second-order valence-electron chi connectivity index (χ2n) is 3.59. The van der Waals surface area contributed by atoms with Crippen molar-refractivity contribution in [2.24, 2.45) is 0 Å². The van der Waals surface area contributed by atoms with Gasteiger partial charge in [0.1, 0.15) is 0 Å². The average molecular weight is 222 g/mol. The quantitative estimate of drug-likeness (QED) is 0.789. The van der Waals surface area contributed by atoms with E-state index in [2.05, 4.69) is 4.74 Å². The molecule has 1 N–H and O–H groups in total. The molecule has 4 heteroatoms. The molecular formula is C12H14O4. The van der Waals surface area contributed by atoms with Crippen LogP contribution in [0.15, 0.2) is 18.2 Å². The number of carbonyl (C=O) groups is 2. The van der Waals surface area contributed by atoms with E-state index >= 15 is 0 Å². The van der Waals surface area contributed by atoms with Gasteiger partial charge in [-0.05, 0) is 31.0 Å². The number of carboxylic acids is 1. The minimum Gasteiger partial charge on any atom is -0.481 e. The van der Waals surface area contributed by atoms with Gasteiger partial charge < -0.3 is 9.84 Å². The Morgan fingerprint density at radius 1 is 1.31 bits per heavy atom. The summed E-state index contributed by atoms with van der Waals surface area (Å²) in [4.78, 5) is 21.8. The van der Waals surface area contributed by atoms with Gasteiger partial charge in [-0.3, -0.25) is 4.79 Å². The van der Waals surface area contributed by atoms with Crippen LogP contribution in [-0.4, -0.2) is 24.2 Å². The lowest BCUT2D eigenvalue weighted by Gasteiger charge is -2.05. The molecule has 0 aliphatic heterocycles. The van der Waals surface area contributed by atoms with E-state index < -0.39 is 11.9 Å². The Kier molecular flexibility index (Phi) is 4.05. The van der Waals surface area contributed by atoms with E-state index in [1.165, 1.54) is 7.11 Å². The highest BCUT2D eigenvalue weighted by molar-refractivity contribution is 5.89. The summed E-state index contributed by atoms with van der Waals surface area (Å²) in [5.74, 6) is -1.25. The van der Waals surface area contributed by atoms with E-state index in [-0.39, 0.29) is 6.42 Å². The minimum atomic E-state index is -0.846. The average Bonchev–Trinajstić information content (AvgIpc) is 2.24. The first-order valence-electron chi connectivity index (χ1n) is 4.93. The molecular weight excluding hydrogens is 208 g/mol. The number of hydrogen-bond donors (Lipinski definition) is 1. The van der Waals surface area contributed by atoms with E-state index in [1.54, 1.807) is 12.1 Å². The fraction of sp³-hybridized carbons (Fsp3) is 0.333. The number of esters is 1. The zero-order valence-corrected chi connectivity index (χ0v) is 9.32. The maximum Gasteiger partial charge on any atom is 0.337 e. The summed E-state index contributed by atoms with van der Waals surface area (Å²) in [6.45, 7) is 1.86. The van der Waals surface area contributed by atoms with Gasteiger partial charge in [-0.1, -0.05) is 11.6 Å². The number of aliphatic carboxylic acids is 1. The number of methoxy groups -OCH3 is 1. The van der Waals surface area contributed by atoms with E-state index in [1.807, 2.05) is 13.0 Å². The molecule has 16 heavy (non-hydrogen) atoms. The van der Waals surface area contributed by atoms with Crippen LogP contribution in [0.3, 0.4) is 0 Å². The molecule has 0 saturated carbocycles. The molecule has 0 unspecified atom stereocenters. The van der Waals surface area contributed by atoms with Crippen molar-refractivity contribution in [3.63, 3.8) is 0 Å². The fourth-order valence-corrected chi connectivity index (χ4v) is 1.49. The Bertz CT molecular complexity index is 409. The Morgan fingerprint density at radius 3 is 2.56 bits per heavy atom. The largest absolute Gasteiger partial charge is 0.481 e. The van der Waals surface area contributed by atoms with Gasteiger partial charge in [0, 0.05) is 6.42 Å². The molecule has 0 aliphatic rings. The van der Waals surface area contributed by atoms with Gasteiger partial charge in [0.05, 0.1) is 12.7 Å². The summed E-state index contributed by atoms with van der Waals surface area (Å²) in [5, 5.41) is 8.58. The molecule has 0 atom stereocenters. The van der Waals surface area contributed by atoms with Crippen molar-refractivity contribution in [3.05, 3.63) is 34.9 Å². The van der Waals surface area contributed by atoms with Crippen molar-refractivity contribution in [2.45, 2.75) is 19.8 Å². The Hall–Kier alpha value is -1.84. The maximum absolute atomic E-state index is 11.3. The van der Waals surface area contributed by atoms with Crippen LogP contribution in [0.4, 0.5) is 0 Å². The molecule has 1 rings (SSSR count). The predicted octanol–water partition coefficient (Wildman–Crippen LogP) is 1.80. The molecule has 4 nitrogen and oxygen atoms in total. The summed E-state index contributed by atoms with van der Waals surface area (Å²) in [5.41, 5.74) is 2.22. The van der Waals surface area contributed by atoms with Crippen molar-refractivity contribution in [1.29, 1.82) is 0 Å². The standard InChI is InChI=1S/C12H14O4/c1-8-5-9(3-4-11(13)14)7-10(6-8)12(15)16-2/h5-7H,3-4H2,1-2H3,(H,13,14). The number of aryl methyl sites for hydroxylation is 2. The lowest BCUT2D eigenvalue weighted by Crippen LogP contribution is -2.04. The van der Waals surface area contributed by atoms with Crippen LogP contribution in [0, 0.1) is 6.92 Å². The summed E-state index contributed by atoms with van der Waals surface area (Å²) >= 11 is 0.